The molecule has 3 rings (SSSR count). The molecule has 7 atom stereocenters. The standard InChI is InChI=1S/C41H65N13O10.C2HF3O2/c42-19-5-4-12-28(51-37(60)30-13-7-21-53(30)38(61)25(43)11-6-20-48-41(46)47)39(62)54-22-8-14-31(54)36(59)50-27(16-18-33(45)56)34(57)49-26(15-17-32(44)55)35(58)52-29(40(63)64)23-24-9-2-1-3-10-24;3-2(4,5)1(6)7/h1-3,9-10,25-31H,4-8,11-23,42-43H2,(H2,44,55)(H2,45,56)(H,49,57)(H,50,59)(H,51,60)(H,52,58)(H,63,64)(H4,46,47,48);(H,6,7). The van der Waals surface area contributed by atoms with Gasteiger partial charge in [0.05, 0.1) is 6.04 Å². The first-order valence-corrected chi connectivity index (χ1v) is 22.8. The molecule has 28 heteroatoms. The maximum absolute atomic E-state index is 14.3. The molecule has 2 heterocycles. The summed E-state index contributed by atoms with van der Waals surface area (Å²) in [5, 5.41) is 27.2. The van der Waals surface area contributed by atoms with Gasteiger partial charge in [-0.05, 0) is 82.7 Å². The zero-order valence-corrected chi connectivity index (χ0v) is 39.1. The van der Waals surface area contributed by atoms with Crippen LogP contribution in [0.5, 0.6) is 0 Å². The van der Waals surface area contributed by atoms with Gasteiger partial charge >= 0.3 is 18.1 Å². The average Bonchev–Trinajstić information content (AvgIpc) is 4.01. The number of amides is 8. The summed E-state index contributed by atoms with van der Waals surface area (Å²) in [5.41, 5.74) is 34.0. The molecule has 25 nitrogen and oxygen atoms in total. The van der Waals surface area contributed by atoms with E-state index in [0.717, 1.165) is 0 Å². The predicted molar refractivity (Wildman–Crippen MR) is 246 cm³/mol. The van der Waals surface area contributed by atoms with Crippen molar-refractivity contribution in [1.29, 1.82) is 0 Å². The van der Waals surface area contributed by atoms with Crippen molar-refractivity contribution in [3.8, 4) is 0 Å². The van der Waals surface area contributed by atoms with Crippen LogP contribution >= 0.6 is 0 Å². The highest BCUT2D eigenvalue weighted by Gasteiger charge is 2.42. The number of hydrogen-bond donors (Lipinski definition) is 12. The lowest BCUT2D eigenvalue weighted by Crippen LogP contribution is -2.59. The van der Waals surface area contributed by atoms with E-state index >= 15 is 0 Å². The van der Waals surface area contributed by atoms with Crippen molar-refractivity contribution in [1.82, 2.24) is 31.1 Å². The van der Waals surface area contributed by atoms with Gasteiger partial charge in [0.1, 0.15) is 36.3 Å². The SMILES string of the molecule is NCCCCC(NC(=O)C1CCCN1C(=O)C(N)CCCN=C(N)N)C(=O)N1CCCC1C(=O)NC(CCC(N)=O)C(=O)NC(CCC(N)=O)C(=O)NC(Cc1ccccc1)C(=O)O.O=C(O)C(F)(F)F. The normalized spacial score (nSPS) is 17.4. The summed E-state index contributed by atoms with van der Waals surface area (Å²) in [4.78, 5) is 134. The van der Waals surface area contributed by atoms with E-state index in [1.54, 1.807) is 30.3 Å². The second-order valence-electron chi connectivity index (χ2n) is 16.8. The molecular weight excluding hydrogens is 948 g/mol. The maximum atomic E-state index is 14.3. The number of halogens is 3. The highest BCUT2D eigenvalue weighted by atomic mass is 19.4. The van der Waals surface area contributed by atoms with Gasteiger partial charge in [-0.25, -0.2) is 9.59 Å². The molecule has 2 fully saturated rings. The predicted octanol–water partition coefficient (Wildman–Crippen LogP) is -3.09. The van der Waals surface area contributed by atoms with Crippen LogP contribution in [0.4, 0.5) is 13.2 Å². The van der Waals surface area contributed by atoms with E-state index in [0.29, 0.717) is 50.6 Å². The molecule has 71 heavy (non-hydrogen) atoms. The van der Waals surface area contributed by atoms with Crippen molar-refractivity contribution in [2.75, 3.05) is 26.2 Å². The number of aliphatic carboxylic acids is 2. The molecule has 0 aromatic heterocycles. The molecule has 0 spiro atoms. The van der Waals surface area contributed by atoms with Gasteiger partial charge < -0.3 is 75.7 Å². The average molecular weight is 1010 g/mol. The Morgan fingerprint density at radius 1 is 0.662 bits per heavy atom. The third-order valence-corrected chi connectivity index (χ3v) is 11.3. The van der Waals surface area contributed by atoms with Gasteiger partial charge in [-0.1, -0.05) is 30.3 Å². The minimum absolute atomic E-state index is 0.0828. The monoisotopic (exact) mass is 1010 g/mol. The number of hydrogen-bond acceptors (Lipinski definition) is 13. The van der Waals surface area contributed by atoms with Gasteiger partial charge in [0.15, 0.2) is 5.96 Å². The molecule has 2 saturated heterocycles. The number of unbranched alkanes of at least 4 members (excludes halogenated alkanes) is 1. The van der Waals surface area contributed by atoms with Gasteiger partial charge in [0.2, 0.25) is 47.3 Å². The smallest absolute Gasteiger partial charge is 0.480 e. The highest BCUT2D eigenvalue weighted by Crippen LogP contribution is 2.23. The Balaban J connectivity index is 0.00000229. The minimum Gasteiger partial charge on any atom is -0.480 e. The second kappa shape index (κ2) is 29.8. The van der Waals surface area contributed by atoms with Gasteiger partial charge in [0.25, 0.3) is 0 Å². The quantitative estimate of drug-likeness (QED) is 0.0236. The van der Waals surface area contributed by atoms with Crippen LogP contribution in [0.3, 0.4) is 0 Å². The van der Waals surface area contributed by atoms with Gasteiger partial charge in [0, 0.05) is 38.9 Å². The van der Waals surface area contributed by atoms with E-state index in [2.05, 4.69) is 26.3 Å². The Morgan fingerprint density at radius 3 is 1.61 bits per heavy atom. The van der Waals surface area contributed by atoms with Gasteiger partial charge in [-0.15, -0.1) is 0 Å². The molecule has 1 aromatic carbocycles. The summed E-state index contributed by atoms with van der Waals surface area (Å²) in [7, 11) is 0. The Hall–Kier alpha value is -7.10. The fourth-order valence-corrected chi connectivity index (χ4v) is 7.65. The zero-order valence-electron chi connectivity index (χ0n) is 39.1. The van der Waals surface area contributed by atoms with Crippen LogP contribution in [-0.2, 0) is 54.4 Å². The lowest BCUT2D eigenvalue weighted by molar-refractivity contribution is -0.192. The zero-order chi connectivity index (χ0) is 53.4. The molecule has 0 bridgehead atoms. The van der Waals surface area contributed by atoms with Crippen LogP contribution in [-0.4, -0.2) is 160 Å². The first kappa shape index (κ1) is 60.0. The van der Waals surface area contributed by atoms with Gasteiger partial charge in [-0.3, -0.25) is 43.3 Å². The molecule has 8 amide bonds. The van der Waals surface area contributed by atoms with Crippen molar-refractivity contribution in [2.45, 2.75) is 138 Å². The van der Waals surface area contributed by atoms with Crippen LogP contribution in [0.25, 0.3) is 0 Å². The van der Waals surface area contributed by atoms with Crippen molar-refractivity contribution >= 4 is 65.2 Å². The number of primary amides is 2. The van der Waals surface area contributed by atoms with E-state index in [1.807, 2.05) is 0 Å². The fraction of sp³-hybridized carbons (Fsp3) is 0.605. The number of alkyl halides is 3. The lowest BCUT2D eigenvalue weighted by Gasteiger charge is -2.32. The second-order valence-corrected chi connectivity index (χ2v) is 16.8. The highest BCUT2D eigenvalue weighted by molar-refractivity contribution is 5.97. The van der Waals surface area contributed by atoms with E-state index in [-0.39, 0.29) is 77.0 Å². The minimum atomic E-state index is -5.08. The number of likely N-dealkylation sites (tertiary alicyclic amines) is 2. The Labute approximate surface area is 406 Å². The van der Waals surface area contributed by atoms with Crippen molar-refractivity contribution < 1.29 is 71.3 Å². The topological polar surface area (TPSA) is 434 Å². The molecule has 7 unspecified atom stereocenters. The van der Waals surface area contributed by atoms with Crippen molar-refractivity contribution in [3.05, 3.63) is 35.9 Å². The summed E-state index contributed by atoms with van der Waals surface area (Å²) in [5.74, 6) is -10.0. The molecule has 1 aromatic rings. The lowest BCUT2D eigenvalue weighted by atomic mass is 10.0. The summed E-state index contributed by atoms with van der Waals surface area (Å²) in [6.07, 6.45) is -3.28. The number of benzene rings is 1. The van der Waals surface area contributed by atoms with E-state index < -0.39 is 108 Å². The third kappa shape index (κ3) is 21.2. The summed E-state index contributed by atoms with van der Waals surface area (Å²) >= 11 is 0. The number of nitrogens with one attached hydrogen (secondary N) is 4. The van der Waals surface area contributed by atoms with Crippen LogP contribution in [0.15, 0.2) is 35.3 Å². The Morgan fingerprint density at radius 2 is 1.14 bits per heavy atom. The van der Waals surface area contributed by atoms with E-state index in [4.69, 9.17) is 44.3 Å². The number of aliphatic imine (C=N–C) groups is 1. The van der Waals surface area contributed by atoms with Crippen LogP contribution in [0.2, 0.25) is 0 Å². The number of carbonyl (C=O) groups excluding carboxylic acids is 8. The molecule has 18 N–H and O–H groups in total. The Bertz CT molecular complexity index is 2050. The summed E-state index contributed by atoms with van der Waals surface area (Å²) in [6.45, 7) is 1.02. The number of carboxylic acids is 2. The van der Waals surface area contributed by atoms with Crippen molar-refractivity contribution in [3.63, 3.8) is 0 Å². The Kier molecular flexibility index (Phi) is 25.2. The summed E-state index contributed by atoms with van der Waals surface area (Å²) in [6, 6.07) is 0.0622. The van der Waals surface area contributed by atoms with Crippen LogP contribution in [0, 0.1) is 0 Å². The molecule has 0 saturated carbocycles. The van der Waals surface area contributed by atoms with Crippen LogP contribution in [0.1, 0.15) is 89.0 Å². The van der Waals surface area contributed by atoms with E-state index in [9.17, 15) is 61.4 Å². The maximum Gasteiger partial charge on any atom is 0.490 e. The first-order chi connectivity index (χ1) is 33.4. The number of carbonyl (C=O) groups is 10. The number of nitrogens with two attached hydrogens (primary N) is 6. The fourth-order valence-electron chi connectivity index (χ4n) is 7.65. The molecule has 0 radical (unpaired) electrons. The number of rotatable bonds is 27. The van der Waals surface area contributed by atoms with E-state index in [1.165, 1.54) is 9.80 Å². The molecule has 0 aliphatic carbocycles. The van der Waals surface area contributed by atoms with Gasteiger partial charge in [-0.2, -0.15) is 13.2 Å². The molecule has 396 valence electrons. The number of guanidine groups is 1. The largest absolute Gasteiger partial charge is 0.490 e. The molecule has 2 aliphatic heterocycles. The molecular formula is C43H66F3N13O12. The molecule has 2 aliphatic rings. The summed E-state index contributed by atoms with van der Waals surface area (Å²) < 4.78 is 31.7. The van der Waals surface area contributed by atoms with Crippen molar-refractivity contribution in [2.24, 2.45) is 39.4 Å². The van der Waals surface area contributed by atoms with Crippen LogP contribution < -0.4 is 55.7 Å². The number of nitrogens with zero attached hydrogens (tertiary/aromatic N) is 3. The first-order valence-electron chi connectivity index (χ1n) is 22.8. The third-order valence-electron chi connectivity index (χ3n) is 11.3. The number of carboxylic acid groups (broad SMARTS) is 2.